The third-order valence-corrected chi connectivity index (χ3v) is 4.91. The standard InChI is InChI=1S/C21H23ClN4O2/c1-3-4-12-25(2)21(28)19-24-18(17-11-7-8-13-26(17)19)20(27)23-14-15-9-5-6-10-16(15)22/h5-11,13H,3-4,12,14H2,1-2H3,(H,23,27). The minimum absolute atomic E-state index is 0.209. The number of benzene rings is 1. The van der Waals surface area contributed by atoms with Gasteiger partial charge in [0.1, 0.15) is 0 Å². The molecular weight excluding hydrogens is 376 g/mol. The summed E-state index contributed by atoms with van der Waals surface area (Å²) in [5.41, 5.74) is 1.63. The number of unbranched alkanes of at least 4 members (excludes halogenated alkanes) is 1. The first-order valence-electron chi connectivity index (χ1n) is 9.27. The zero-order valence-corrected chi connectivity index (χ0v) is 16.7. The van der Waals surface area contributed by atoms with Crippen LogP contribution in [0.5, 0.6) is 0 Å². The topological polar surface area (TPSA) is 66.7 Å². The number of aromatic nitrogens is 2. The van der Waals surface area contributed by atoms with E-state index in [2.05, 4.69) is 17.2 Å². The number of fused-ring (bicyclic) bond motifs is 1. The molecule has 6 nitrogen and oxygen atoms in total. The fourth-order valence-corrected chi connectivity index (χ4v) is 3.13. The molecule has 0 saturated heterocycles. The fourth-order valence-electron chi connectivity index (χ4n) is 2.92. The molecule has 2 aromatic heterocycles. The van der Waals surface area contributed by atoms with Crippen molar-refractivity contribution in [1.82, 2.24) is 19.6 Å². The molecule has 2 amide bonds. The molecule has 0 aliphatic heterocycles. The van der Waals surface area contributed by atoms with Crippen LogP contribution in [-0.2, 0) is 6.54 Å². The van der Waals surface area contributed by atoms with Crippen molar-refractivity contribution in [2.24, 2.45) is 0 Å². The molecule has 146 valence electrons. The highest BCUT2D eigenvalue weighted by Crippen LogP contribution is 2.17. The maximum absolute atomic E-state index is 12.8. The summed E-state index contributed by atoms with van der Waals surface area (Å²) in [7, 11) is 1.75. The molecule has 0 spiro atoms. The molecule has 2 heterocycles. The number of imidazole rings is 1. The number of hydrogen-bond acceptors (Lipinski definition) is 3. The van der Waals surface area contributed by atoms with Gasteiger partial charge in [-0.3, -0.25) is 14.0 Å². The summed E-state index contributed by atoms with van der Waals surface area (Å²) in [6.45, 7) is 3.00. The van der Waals surface area contributed by atoms with Crippen molar-refractivity contribution in [2.75, 3.05) is 13.6 Å². The third-order valence-electron chi connectivity index (χ3n) is 4.55. The van der Waals surface area contributed by atoms with E-state index in [1.807, 2.05) is 30.3 Å². The van der Waals surface area contributed by atoms with Crippen LogP contribution in [0, 0.1) is 0 Å². The van der Waals surface area contributed by atoms with Crippen molar-refractivity contribution in [3.8, 4) is 0 Å². The molecule has 0 fully saturated rings. The Morgan fingerprint density at radius 2 is 1.93 bits per heavy atom. The first kappa shape index (κ1) is 19.9. The van der Waals surface area contributed by atoms with Crippen LogP contribution in [0.25, 0.3) is 5.52 Å². The second kappa shape index (κ2) is 8.89. The van der Waals surface area contributed by atoms with Gasteiger partial charge in [0, 0.05) is 31.4 Å². The molecule has 0 atom stereocenters. The number of pyridine rings is 1. The molecule has 0 aliphatic carbocycles. The number of carbonyl (C=O) groups excluding carboxylic acids is 2. The number of carbonyl (C=O) groups is 2. The van der Waals surface area contributed by atoms with Gasteiger partial charge in [-0.05, 0) is 30.2 Å². The fraction of sp³-hybridized carbons (Fsp3) is 0.286. The van der Waals surface area contributed by atoms with Gasteiger partial charge >= 0.3 is 0 Å². The van der Waals surface area contributed by atoms with Crippen LogP contribution < -0.4 is 5.32 Å². The van der Waals surface area contributed by atoms with E-state index in [1.54, 1.807) is 34.7 Å². The molecule has 1 N–H and O–H groups in total. The van der Waals surface area contributed by atoms with E-state index >= 15 is 0 Å². The molecule has 0 unspecified atom stereocenters. The highest BCUT2D eigenvalue weighted by Gasteiger charge is 2.23. The van der Waals surface area contributed by atoms with Crippen molar-refractivity contribution in [2.45, 2.75) is 26.3 Å². The Bertz CT molecular complexity index is 999. The predicted molar refractivity (Wildman–Crippen MR) is 110 cm³/mol. The molecule has 0 radical (unpaired) electrons. The van der Waals surface area contributed by atoms with E-state index < -0.39 is 0 Å². The van der Waals surface area contributed by atoms with Gasteiger partial charge in [-0.1, -0.05) is 49.2 Å². The number of nitrogens with one attached hydrogen (secondary N) is 1. The first-order valence-corrected chi connectivity index (χ1v) is 9.65. The highest BCUT2D eigenvalue weighted by atomic mass is 35.5. The van der Waals surface area contributed by atoms with Crippen LogP contribution in [0.15, 0.2) is 48.7 Å². The van der Waals surface area contributed by atoms with Crippen LogP contribution in [0.4, 0.5) is 0 Å². The van der Waals surface area contributed by atoms with Crippen molar-refractivity contribution < 1.29 is 9.59 Å². The lowest BCUT2D eigenvalue weighted by atomic mass is 10.2. The van der Waals surface area contributed by atoms with E-state index in [9.17, 15) is 9.59 Å². The van der Waals surface area contributed by atoms with E-state index in [4.69, 9.17) is 11.6 Å². The van der Waals surface area contributed by atoms with Crippen LogP contribution in [0.1, 0.15) is 46.4 Å². The molecule has 0 aliphatic rings. The normalized spacial score (nSPS) is 10.8. The Kier molecular flexibility index (Phi) is 6.31. The average Bonchev–Trinajstić information content (AvgIpc) is 3.10. The number of amides is 2. The van der Waals surface area contributed by atoms with Gasteiger partial charge < -0.3 is 10.2 Å². The lowest BCUT2D eigenvalue weighted by Crippen LogP contribution is -2.29. The third kappa shape index (κ3) is 4.17. The second-order valence-electron chi connectivity index (χ2n) is 6.59. The second-order valence-corrected chi connectivity index (χ2v) is 7.00. The summed E-state index contributed by atoms with van der Waals surface area (Å²) in [6.07, 6.45) is 3.65. The number of hydrogen-bond donors (Lipinski definition) is 1. The highest BCUT2D eigenvalue weighted by molar-refractivity contribution is 6.31. The van der Waals surface area contributed by atoms with Gasteiger partial charge in [0.05, 0.1) is 5.52 Å². The molecule has 28 heavy (non-hydrogen) atoms. The minimum Gasteiger partial charge on any atom is -0.346 e. The van der Waals surface area contributed by atoms with Crippen molar-refractivity contribution >= 4 is 28.9 Å². The van der Waals surface area contributed by atoms with Gasteiger partial charge in [-0.15, -0.1) is 0 Å². The Morgan fingerprint density at radius 1 is 1.18 bits per heavy atom. The van der Waals surface area contributed by atoms with Crippen molar-refractivity contribution in [3.63, 3.8) is 0 Å². The Morgan fingerprint density at radius 3 is 2.68 bits per heavy atom. The largest absolute Gasteiger partial charge is 0.346 e. The predicted octanol–water partition coefficient (Wildman–Crippen LogP) is 3.79. The first-order chi connectivity index (χ1) is 13.5. The smallest absolute Gasteiger partial charge is 0.289 e. The number of nitrogens with zero attached hydrogens (tertiary/aromatic N) is 3. The number of halogens is 1. The zero-order valence-electron chi connectivity index (χ0n) is 16.0. The quantitative estimate of drug-likeness (QED) is 0.658. The Hall–Kier alpha value is -2.86. The zero-order chi connectivity index (χ0) is 20.1. The van der Waals surface area contributed by atoms with Crippen molar-refractivity contribution in [1.29, 1.82) is 0 Å². The van der Waals surface area contributed by atoms with Gasteiger partial charge in [-0.25, -0.2) is 4.98 Å². The SMILES string of the molecule is CCCCN(C)C(=O)c1nc(C(=O)NCc2ccccc2Cl)c2ccccn12. The molecule has 1 aromatic carbocycles. The maximum atomic E-state index is 12.8. The monoisotopic (exact) mass is 398 g/mol. The Labute approximate surface area is 169 Å². The van der Waals surface area contributed by atoms with Crippen LogP contribution in [0.2, 0.25) is 5.02 Å². The molecule has 3 rings (SSSR count). The lowest BCUT2D eigenvalue weighted by molar-refractivity contribution is 0.0780. The van der Waals surface area contributed by atoms with Crippen LogP contribution in [0.3, 0.4) is 0 Å². The summed E-state index contributed by atoms with van der Waals surface area (Å²) in [4.78, 5) is 31.6. The molecule has 7 heteroatoms. The Balaban J connectivity index is 1.86. The summed E-state index contributed by atoms with van der Waals surface area (Å²) >= 11 is 6.15. The van der Waals surface area contributed by atoms with Gasteiger partial charge in [-0.2, -0.15) is 0 Å². The average molecular weight is 399 g/mol. The van der Waals surface area contributed by atoms with Gasteiger partial charge in [0.2, 0.25) is 5.82 Å². The summed E-state index contributed by atoms with van der Waals surface area (Å²) < 4.78 is 1.66. The van der Waals surface area contributed by atoms with E-state index in [-0.39, 0.29) is 29.9 Å². The van der Waals surface area contributed by atoms with Crippen molar-refractivity contribution in [3.05, 3.63) is 70.8 Å². The van der Waals surface area contributed by atoms with Crippen LogP contribution >= 0.6 is 11.6 Å². The maximum Gasteiger partial charge on any atom is 0.289 e. The summed E-state index contributed by atoms with van der Waals surface area (Å²) in [5, 5.41) is 3.43. The summed E-state index contributed by atoms with van der Waals surface area (Å²) in [5.74, 6) is -0.323. The molecule has 3 aromatic rings. The lowest BCUT2D eigenvalue weighted by Gasteiger charge is -2.15. The van der Waals surface area contributed by atoms with E-state index in [0.29, 0.717) is 17.1 Å². The van der Waals surface area contributed by atoms with E-state index in [1.165, 1.54) is 0 Å². The van der Waals surface area contributed by atoms with Crippen LogP contribution in [-0.4, -0.2) is 39.7 Å². The molecular formula is C21H23ClN4O2. The van der Waals surface area contributed by atoms with Gasteiger partial charge in [0.15, 0.2) is 5.69 Å². The summed E-state index contributed by atoms with van der Waals surface area (Å²) in [6, 6.07) is 12.7. The molecule has 0 bridgehead atoms. The minimum atomic E-state index is -0.348. The van der Waals surface area contributed by atoms with E-state index in [0.717, 1.165) is 18.4 Å². The number of rotatable bonds is 7. The molecule has 0 saturated carbocycles. The van der Waals surface area contributed by atoms with Gasteiger partial charge in [0.25, 0.3) is 11.8 Å².